The second kappa shape index (κ2) is 16.9. The molecule has 9 N–H and O–H groups in total. The van der Waals surface area contributed by atoms with Crippen LogP contribution in [0.4, 0.5) is 0 Å². The van der Waals surface area contributed by atoms with Crippen molar-refractivity contribution in [1.82, 2.24) is 20.9 Å². The first-order chi connectivity index (χ1) is 22.2. The van der Waals surface area contributed by atoms with Gasteiger partial charge in [0.2, 0.25) is 17.7 Å². The standard InChI is InChI=1S/C35H42N6O5/c36-18-10-9-17-29(39-32(42)27(37)21-25-22-38-28-16-8-7-15-26(25)28)33(43)40-30(19-23-11-3-1-4-12-23)34(44)41-31(35(45)46)20-24-13-5-2-6-14-24/h1-8,11-16,22,27,29-31,38H,9-10,17-21,36-37H2,(H,39,42)(H,40,43)(H,41,44)(H,45,46). The predicted molar refractivity (Wildman–Crippen MR) is 177 cm³/mol. The highest BCUT2D eigenvalue weighted by Gasteiger charge is 2.30. The first kappa shape index (κ1) is 33.9. The maximum atomic E-state index is 13.7. The van der Waals surface area contributed by atoms with Crippen LogP contribution < -0.4 is 27.4 Å². The SMILES string of the molecule is NCCCCC(NC(=O)C(N)Cc1c[nH]c2ccccc12)C(=O)NC(Cc1ccccc1)C(=O)NC(Cc1ccccc1)C(=O)O. The van der Waals surface area contributed by atoms with Crippen molar-refractivity contribution in [3.63, 3.8) is 0 Å². The maximum Gasteiger partial charge on any atom is 0.326 e. The van der Waals surface area contributed by atoms with Crippen LogP contribution >= 0.6 is 0 Å². The Balaban J connectivity index is 1.48. The second-order valence-corrected chi connectivity index (χ2v) is 11.4. The summed E-state index contributed by atoms with van der Waals surface area (Å²) >= 11 is 0. The van der Waals surface area contributed by atoms with E-state index in [1.54, 1.807) is 24.3 Å². The normalized spacial score (nSPS) is 13.7. The number of benzene rings is 3. The molecule has 11 heteroatoms. The average molecular weight is 627 g/mol. The van der Waals surface area contributed by atoms with Crippen molar-refractivity contribution < 1.29 is 24.3 Å². The Labute approximate surface area is 268 Å². The Morgan fingerprint density at radius 1 is 0.674 bits per heavy atom. The van der Waals surface area contributed by atoms with Crippen LogP contribution in [0.5, 0.6) is 0 Å². The molecule has 0 spiro atoms. The van der Waals surface area contributed by atoms with Gasteiger partial charge in [0.25, 0.3) is 0 Å². The van der Waals surface area contributed by atoms with E-state index in [1.165, 1.54) is 0 Å². The number of carboxylic acid groups (broad SMARTS) is 1. The van der Waals surface area contributed by atoms with Crippen LogP contribution in [0.25, 0.3) is 10.9 Å². The van der Waals surface area contributed by atoms with Gasteiger partial charge in [0.15, 0.2) is 0 Å². The largest absolute Gasteiger partial charge is 0.480 e. The average Bonchev–Trinajstić information content (AvgIpc) is 3.47. The molecular formula is C35H42N6O5. The van der Waals surface area contributed by atoms with Crippen LogP contribution in [0.15, 0.2) is 91.1 Å². The summed E-state index contributed by atoms with van der Waals surface area (Å²) in [4.78, 5) is 55.8. The van der Waals surface area contributed by atoms with E-state index in [1.807, 2.05) is 66.9 Å². The maximum absolute atomic E-state index is 13.7. The van der Waals surface area contributed by atoms with E-state index in [-0.39, 0.29) is 25.7 Å². The number of fused-ring (bicyclic) bond motifs is 1. The van der Waals surface area contributed by atoms with Gasteiger partial charge in [0, 0.05) is 29.9 Å². The highest BCUT2D eigenvalue weighted by molar-refractivity contribution is 5.94. The minimum absolute atomic E-state index is 0.0694. The molecule has 11 nitrogen and oxygen atoms in total. The first-order valence-corrected chi connectivity index (χ1v) is 15.5. The first-order valence-electron chi connectivity index (χ1n) is 15.5. The molecular weight excluding hydrogens is 584 g/mol. The van der Waals surface area contributed by atoms with Crippen molar-refractivity contribution in [2.45, 2.75) is 62.7 Å². The van der Waals surface area contributed by atoms with E-state index in [2.05, 4.69) is 20.9 Å². The lowest BCUT2D eigenvalue weighted by Crippen LogP contribution is -2.58. The topological polar surface area (TPSA) is 192 Å². The van der Waals surface area contributed by atoms with E-state index in [0.29, 0.717) is 19.4 Å². The quantitative estimate of drug-likeness (QED) is 0.0873. The van der Waals surface area contributed by atoms with Gasteiger partial charge in [-0.1, -0.05) is 78.9 Å². The molecule has 0 fully saturated rings. The summed E-state index contributed by atoms with van der Waals surface area (Å²) in [5, 5.41) is 19.0. The van der Waals surface area contributed by atoms with Gasteiger partial charge in [0.05, 0.1) is 6.04 Å². The van der Waals surface area contributed by atoms with Gasteiger partial charge in [-0.15, -0.1) is 0 Å². The number of nitrogens with one attached hydrogen (secondary N) is 4. The number of hydrogen-bond acceptors (Lipinski definition) is 6. The number of hydrogen-bond donors (Lipinski definition) is 7. The highest BCUT2D eigenvalue weighted by Crippen LogP contribution is 2.19. The van der Waals surface area contributed by atoms with Crippen LogP contribution in [0.3, 0.4) is 0 Å². The number of rotatable bonds is 17. The second-order valence-electron chi connectivity index (χ2n) is 11.4. The van der Waals surface area contributed by atoms with E-state index in [9.17, 15) is 24.3 Å². The summed E-state index contributed by atoms with van der Waals surface area (Å²) in [7, 11) is 0. The van der Waals surface area contributed by atoms with Crippen LogP contribution in [0.1, 0.15) is 36.0 Å². The number of carbonyl (C=O) groups is 4. The molecule has 4 atom stereocenters. The van der Waals surface area contributed by atoms with Crippen molar-refractivity contribution in [3.8, 4) is 0 Å². The summed E-state index contributed by atoms with van der Waals surface area (Å²) in [5.41, 5.74) is 15.3. The Kier molecular flexibility index (Phi) is 12.4. The molecule has 4 unspecified atom stereocenters. The van der Waals surface area contributed by atoms with Gasteiger partial charge in [-0.2, -0.15) is 0 Å². The van der Waals surface area contributed by atoms with Gasteiger partial charge in [-0.25, -0.2) is 4.79 Å². The third kappa shape index (κ3) is 9.75. The molecule has 0 saturated carbocycles. The lowest BCUT2D eigenvalue weighted by Gasteiger charge is -2.25. The fraction of sp³-hybridized carbons (Fsp3) is 0.314. The summed E-state index contributed by atoms with van der Waals surface area (Å²) in [5.74, 6) is -2.92. The van der Waals surface area contributed by atoms with E-state index < -0.39 is 47.9 Å². The van der Waals surface area contributed by atoms with Crippen LogP contribution in [0.2, 0.25) is 0 Å². The number of carboxylic acids is 1. The zero-order chi connectivity index (χ0) is 32.9. The molecule has 0 aliphatic carbocycles. The molecule has 1 heterocycles. The number of aliphatic carboxylic acids is 1. The Bertz CT molecular complexity index is 1590. The Hall–Kier alpha value is -5.00. The van der Waals surface area contributed by atoms with Crippen molar-refractivity contribution in [3.05, 3.63) is 108 Å². The van der Waals surface area contributed by atoms with Gasteiger partial charge >= 0.3 is 5.97 Å². The molecule has 1 aromatic heterocycles. The number of para-hydroxylation sites is 1. The fourth-order valence-corrected chi connectivity index (χ4v) is 5.32. The zero-order valence-corrected chi connectivity index (χ0v) is 25.7. The van der Waals surface area contributed by atoms with Crippen LogP contribution in [-0.4, -0.2) is 64.5 Å². The number of carbonyl (C=O) groups excluding carboxylic acids is 3. The number of H-pyrrole nitrogens is 1. The lowest BCUT2D eigenvalue weighted by molar-refractivity contribution is -0.142. The number of amides is 3. The molecule has 0 radical (unpaired) electrons. The molecule has 46 heavy (non-hydrogen) atoms. The van der Waals surface area contributed by atoms with Gasteiger partial charge in [0.1, 0.15) is 18.1 Å². The number of aromatic amines is 1. The molecule has 4 aromatic rings. The molecule has 0 aliphatic rings. The van der Waals surface area contributed by atoms with E-state index in [0.717, 1.165) is 27.6 Å². The van der Waals surface area contributed by atoms with E-state index in [4.69, 9.17) is 11.5 Å². The summed E-state index contributed by atoms with van der Waals surface area (Å²) < 4.78 is 0. The third-order valence-electron chi connectivity index (χ3n) is 7.84. The highest BCUT2D eigenvalue weighted by atomic mass is 16.4. The molecule has 242 valence electrons. The molecule has 0 saturated heterocycles. The number of unbranched alkanes of at least 4 members (excludes halogenated alkanes) is 1. The van der Waals surface area contributed by atoms with Crippen LogP contribution in [-0.2, 0) is 38.4 Å². The van der Waals surface area contributed by atoms with Gasteiger partial charge in [-0.05, 0) is 55.0 Å². The van der Waals surface area contributed by atoms with Crippen molar-refractivity contribution in [2.24, 2.45) is 11.5 Å². The minimum Gasteiger partial charge on any atom is -0.480 e. The Morgan fingerprint density at radius 2 is 1.22 bits per heavy atom. The smallest absolute Gasteiger partial charge is 0.326 e. The molecule has 3 aromatic carbocycles. The van der Waals surface area contributed by atoms with E-state index >= 15 is 0 Å². The summed E-state index contributed by atoms with van der Waals surface area (Å²) in [6, 6.07) is 21.5. The molecule has 4 rings (SSSR count). The molecule has 3 amide bonds. The number of nitrogens with two attached hydrogens (primary N) is 2. The van der Waals surface area contributed by atoms with Crippen molar-refractivity contribution in [2.75, 3.05) is 6.54 Å². The van der Waals surface area contributed by atoms with Gasteiger partial charge in [-0.3, -0.25) is 14.4 Å². The third-order valence-corrected chi connectivity index (χ3v) is 7.84. The molecule has 0 aliphatic heterocycles. The zero-order valence-electron chi connectivity index (χ0n) is 25.7. The number of aromatic nitrogens is 1. The van der Waals surface area contributed by atoms with Crippen molar-refractivity contribution in [1.29, 1.82) is 0 Å². The summed E-state index contributed by atoms with van der Waals surface area (Å²) in [6.07, 6.45) is 3.72. The monoisotopic (exact) mass is 626 g/mol. The summed E-state index contributed by atoms with van der Waals surface area (Å²) in [6.45, 7) is 0.416. The lowest BCUT2D eigenvalue weighted by atomic mass is 10.0. The fourth-order valence-electron chi connectivity index (χ4n) is 5.32. The van der Waals surface area contributed by atoms with Crippen LogP contribution in [0, 0.1) is 0 Å². The molecule has 0 bridgehead atoms. The van der Waals surface area contributed by atoms with Crippen molar-refractivity contribution >= 4 is 34.6 Å². The predicted octanol–water partition coefficient (Wildman–Crippen LogP) is 2.19. The van der Waals surface area contributed by atoms with Gasteiger partial charge < -0.3 is 37.5 Å². The Morgan fingerprint density at radius 3 is 1.85 bits per heavy atom. The minimum atomic E-state index is -1.22.